The maximum atomic E-state index is 13.3. The fourth-order valence-electron chi connectivity index (χ4n) is 3.64. The SMILES string of the molecule is COc1ccccc1C(=O)NN(C(=O)Cc1cccs1)C1CC(=O)N(c2ccc(F)cc2)C1=O. The van der Waals surface area contributed by atoms with E-state index in [9.17, 15) is 23.6 Å². The lowest BCUT2D eigenvalue weighted by molar-refractivity contribution is -0.140. The number of nitrogens with one attached hydrogen (secondary N) is 1. The number of hydrogen-bond donors (Lipinski definition) is 1. The summed E-state index contributed by atoms with van der Waals surface area (Å²) in [4.78, 5) is 53.8. The molecular formula is C24H20FN3O5S. The molecule has 1 N–H and O–H groups in total. The first-order chi connectivity index (χ1) is 16.4. The molecule has 4 amide bonds. The summed E-state index contributed by atoms with van der Waals surface area (Å²) in [6.07, 6.45) is -0.406. The van der Waals surface area contributed by atoms with Crippen molar-refractivity contribution in [2.75, 3.05) is 12.0 Å². The molecule has 1 atom stereocenters. The summed E-state index contributed by atoms with van der Waals surface area (Å²) in [7, 11) is 1.41. The van der Waals surface area contributed by atoms with E-state index in [1.54, 1.807) is 35.7 Å². The zero-order valence-electron chi connectivity index (χ0n) is 18.1. The number of amides is 4. The lowest BCUT2D eigenvalue weighted by Gasteiger charge is -2.28. The summed E-state index contributed by atoms with van der Waals surface area (Å²) < 4.78 is 18.5. The van der Waals surface area contributed by atoms with Gasteiger partial charge in [0.1, 0.15) is 17.6 Å². The Balaban J connectivity index is 1.64. The van der Waals surface area contributed by atoms with Crippen LogP contribution >= 0.6 is 11.3 Å². The van der Waals surface area contributed by atoms with Gasteiger partial charge in [0.2, 0.25) is 11.8 Å². The number of imide groups is 1. The molecule has 8 nitrogen and oxygen atoms in total. The molecule has 0 spiro atoms. The Hall–Kier alpha value is -4.05. The monoisotopic (exact) mass is 481 g/mol. The molecule has 1 fully saturated rings. The predicted octanol–water partition coefficient (Wildman–Crippen LogP) is 2.94. The number of rotatable bonds is 6. The van der Waals surface area contributed by atoms with Crippen LogP contribution in [0, 0.1) is 5.82 Å². The number of para-hydroxylation sites is 1. The second-order valence-electron chi connectivity index (χ2n) is 7.42. The first-order valence-corrected chi connectivity index (χ1v) is 11.2. The highest BCUT2D eigenvalue weighted by atomic mass is 32.1. The number of carbonyl (C=O) groups is 4. The van der Waals surface area contributed by atoms with Gasteiger partial charge >= 0.3 is 0 Å². The minimum atomic E-state index is -1.26. The van der Waals surface area contributed by atoms with Gasteiger partial charge in [-0.25, -0.2) is 14.3 Å². The van der Waals surface area contributed by atoms with E-state index in [0.717, 1.165) is 26.9 Å². The number of ether oxygens (including phenoxy) is 1. The Labute approximate surface area is 198 Å². The largest absolute Gasteiger partial charge is 0.496 e. The van der Waals surface area contributed by atoms with Gasteiger partial charge in [-0.1, -0.05) is 18.2 Å². The molecule has 4 rings (SSSR count). The van der Waals surface area contributed by atoms with Crippen molar-refractivity contribution in [1.82, 2.24) is 10.4 Å². The minimum Gasteiger partial charge on any atom is -0.496 e. The average molecular weight is 482 g/mol. The highest BCUT2D eigenvalue weighted by Crippen LogP contribution is 2.26. The predicted molar refractivity (Wildman–Crippen MR) is 123 cm³/mol. The molecule has 1 unspecified atom stereocenters. The van der Waals surface area contributed by atoms with Crippen LogP contribution in [0.5, 0.6) is 5.75 Å². The average Bonchev–Trinajstić information content (AvgIpc) is 3.45. The molecule has 34 heavy (non-hydrogen) atoms. The van der Waals surface area contributed by atoms with Crippen molar-refractivity contribution < 1.29 is 28.3 Å². The maximum absolute atomic E-state index is 13.3. The summed E-state index contributed by atoms with van der Waals surface area (Å²) in [5.41, 5.74) is 2.84. The number of hydrazine groups is 1. The smallest absolute Gasteiger partial charge is 0.273 e. The zero-order valence-corrected chi connectivity index (χ0v) is 18.9. The van der Waals surface area contributed by atoms with Crippen molar-refractivity contribution >= 4 is 40.7 Å². The van der Waals surface area contributed by atoms with Gasteiger partial charge in [0.25, 0.3) is 11.8 Å². The van der Waals surface area contributed by atoms with Crippen LogP contribution in [0.2, 0.25) is 0 Å². The maximum Gasteiger partial charge on any atom is 0.273 e. The van der Waals surface area contributed by atoms with Crippen molar-refractivity contribution in [2.24, 2.45) is 0 Å². The fraction of sp³-hybridized carbons (Fsp3) is 0.167. The quantitative estimate of drug-likeness (QED) is 0.432. The molecule has 1 aliphatic rings. The van der Waals surface area contributed by atoms with E-state index in [1.807, 2.05) is 0 Å². The molecule has 0 bridgehead atoms. The summed E-state index contributed by atoms with van der Waals surface area (Å²) >= 11 is 1.35. The van der Waals surface area contributed by atoms with Gasteiger partial charge in [-0.3, -0.25) is 24.6 Å². The van der Waals surface area contributed by atoms with Crippen LogP contribution in [-0.4, -0.2) is 41.8 Å². The fourth-order valence-corrected chi connectivity index (χ4v) is 4.34. The molecule has 3 aromatic rings. The van der Waals surface area contributed by atoms with E-state index in [4.69, 9.17) is 4.74 Å². The van der Waals surface area contributed by atoms with Crippen LogP contribution in [0.4, 0.5) is 10.1 Å². The van der Waals surface area contributed by atoms with Crippen molar-refractivity contribution in [3.05, 3.63) is 82.3 Å². The molecule has 10 heteroatoms. The lowest BCUT2D eigenvalue weighted by Crippen LogP contribution is -2.55. The number of halogens is 1. The summed E-state index contributed by atoms with van der Waals surface area (Å²) in [6, 6.07) is 13.6. The topological polar surface area (TPSA) is 96.0 Å². The second kappa shape index (κ2) is 9.84. The highest BCUT2D eigenvalue weighted by Gasteiger charge is 2.45. The van der Waals surface area contributed by atoms with Crippen molar-refractivity contribution in [3.8, 4) is 5.75 Å². The molecule has 0 saturated carbocycles. The Morgan fingerprint density at radius 2 is 1.85 bits per heavy atom. The van der Waals surface area contributed by atoms with E-state index < -0.39 is 35.5 Å². The Bertz CT molecular complexity index is 1230. The molecule has 0 aliphatic carbocycles. The molecule has 174 valence electrons. The molecule has 2 heterocycles. The number of anilines is 1. The van der Waals surface area contributed by atoms with Crippen LogP contribution in [-0.2, 0) is 20.8 Å². The Morgan fingerprint density at radius 3 is 2.53 bits per heavy atom. The van der Waals surface area contributed by atoms with Crippen LogP contribution in [0.1, 0.15) is 21.7 Å². The van der Waals surface area contributed by atoms with Crippen LogP contribution < -0.4 is 15.1 Å². The number of methoxy groups -OCH3 is 1. The first kappa shape index (κ1) is 23.1. The number of nitrogens with zero attached hydrogens (tertiary/aromatic N) is 2. The molecule has 1 aromatic heterocycles. The molecule has 1 aliphatic heterocycles. The van der Waals surface area contributed by atoms with Crippen molar-refractivity contribution in [2.45, 2.75) is 18.9 Å². The van der Waals surface area contributed by atoms with Crippen LogP contribution in [0.3, 0.4) is 0 Å². The normalized spacial score (nSPS) is 15.4. The number of thiophene rings is 1. The Kier molecular flexibility index (Phi) is 6.69. The minimum absolute atomic E-state index is 0.0710. The standard InChI is InChI=1S/C24H20FN3O5S/c1-33-20-7-3-2-6-18(20)23(31)26-28(22(30)13-17-5-4-12-34-17)19-14-21(29)27(24(19)32)16-10-8-15(25)9-11-16/h2-12,19H,13-14H2,1H3,(H,26,31). The molecule has 0 radical (unpaired) electrons. The van der Waals surface area contributed by atoms with Gasteiger partial charge in [0, 0.05) is 4.88 Å². The summed E-state index contributed by atoms with van der Waals surface area (Å²) in [5, 5.41) is 2.72. The number of hydrogen-bond acceptors (Lipinski definition) is 6. The second-order valence-corrected chi connectivity index (χ2v) is 8.46. The third-order valence-corrected chi connectivity index (χ3v) is 6.14. The van der Waals surface area contributed by atoms with Gasteiger partial charge in [-0.05, 0) is 47.8 Å². The number of carbonyl (C=O) groups excluding carboxylic acids is 4. The van der Waals surface area contributed by atoms with Crippen molar-refractivity contribution in [1.29, 1.82) is 0 Å². The highest BCUT2D eigenvalue weighted by molar-refractivity contribution is 7.10. The van der Waals surface area contributed by atoms with Gasteiger partial charge < -0.3 is 4.74 Å². The third kappa shape index (κ3) is 4.67. The van der Waals surface area contributed by atoms with E-state index in [-0.39, 0.29) is 29.8 Å². The third-order valence-electron chi connectivity index (χ3n) is 5.27. The van der Waals surface area contributed by atoms with E-state index in [0.29, 0.717) is 0 Å². The van der Waals surface area contributed by atoms with Crippen molar-refractivity contribution in [3.63, 3.8) is 0 Å². The first-order valence-electron chi connectivity index (χ1n) is 10.3. The molecule has 1 saturated heterocycles. The van der Waals surface area contributed by atoms with E-state index in [1.165, 1.54) is 36.6 Å². The molecular weight excluding hydrogens is 461 g/mol. The zero-order chi connectivity index (χ0) is 24.2. The van der Waals surface area contributed by atoms with Gasteiger partial charge in [-0.15, -0.1) is 11.3 Å². The summed E-state index contributed by atoms with van der Waals surface area (Å²) in [5.74, 6) is -2.72. The number of benzene rings is 2. The van der Waals surface area contributed by atoms with E-state index >= 15 is 0 Å². The van der Waals surface area contributed by atoms with Crippen LogP contribution in [0.25, 0.3) is 0 Å². The van der Waals surface area contributed by atoms with Crippen LogP contribution in [0.15, 0.2) is 66.0 Å². The van der Waals surface area contributed by atoms with Gasteiger partial charge in [0.05, 0.1) is 31.2 Å². The van der Waals surface area contributed by atoms with Gasteiger partial charge in [0.15, 0.2) is 0 Å². The lowest BCUT2D eigenvalue weighted by atomic mass is 10.2. The summed E-state index contributed by atoms with van der Waals surface area (Å²) in [6.45, 7) is 0. The Morgan fingerprint density at radius 1 is 1.12 bits per heavy atom. The molecule has 2 aromatic carbocycles. The van der Waals surface area contributed by atoms with Gasteiger partial charge in [-0.2, -0.15) is 0 Å². The van der Waals surface area contributed by atoms with E-state index in [2.05, 4.69) is 5.43 Å².